The van der Waals surface area contributed by atoms with E-state index in [4.69, 9.17) is 0 Å². The molecule has 0 saturated carbocycles. The minimum atomic E-state index is -0.508. The van der Waals surface area contributed by atoms with E-state index in [0.29, 0.717) is 11.6 Å². The van der Waals surface area contributed by atoms with Crippen molar-refractivity contribution in [2.24, 2.45) is 0 Å². The number of thioether (sulfide) groups is 2. The Morgan fingerprint density at radius 2 is 1.93 bits per heavy atom. The minimum absolute atomic E-state index is 0.0136. The first-order chi connectivity index (χ1) is 13.8. The van der Waals surface area contributed by atoms with Gasteiger partial charge >= 0.3 is 0 Å². The van der Waals surface area contributed by atoms with Crippen LogP contribution < -0.4 is 5.32 Å². The van der Waals surface area contributed by atoms with Gasteiger partial charge in [-0.3, -0.25) is 19.7 Å². The highest BCUT2D eigenvalue weighted by Gasteiger charge is 2.34. The smallest absolute Gasteiger partial charge is 0.269 e. The van der Waals surface area contributed by atoms with Crippen LogP contribution in [-0.4, -0.2) is 45.1 Å². The van der Waals surface area contributed by atoms with Gasteiger partial charge in [-0.15, -0.1) is 23.5 Å². The molecule has 7 nitrogen and oxygen atoms in total. The molecule has 1 atom stereocenters. The number of nitrogens with one attached hydrogen (secondary N) is 1. The van der Waals surface area contributed by atoms with Gasteiger partial charge in [-0.2, -0.15) is 0 Å². The van der Waals surface area contributed by atoms with Crippen molar-refractivity contribution in [1.29, 1.82) is 0 Å². The maximum absolute atomic E-state index is 12.7. The molecular formula is C20H21N3O4S2. The monoisotopic (exact) mass is 431 g/mol. The van der Waals surface area contributed by atoms with Crippen molar-refractivity contribution < 1.29 is 14.5 Å². The molecule has 1 unspecified atom stereocenters. The normalized spacial score (nSPS) is 15.9. The number of hydrogen-bond donors (Lipinski definition) is 1. The van der Waals surface area contributed by atoms with E-state index in [2.05, 4.69) is 5.32 Å². The molecule has 3 rings (SSSR count). The maximum Gasteiger partial charge on any atom is 0.269 e. The number of benzene rings is 2. The molecule has 1 fully saturated rings. The number of aryl methyl sites for hydroxylation is 2. The van der Waals surface area contributed by atoms with E-state index in [9.17, 15) is 19.7 Å². The molecule has 2 amide bonds. The fourth-order valence-electron chi connectivity index (χ4n) is 2.84. The molecular weight excluding hydrogens is 410 g/mol. The van der Waals surface area contributed by atoms with Gasteiger partial charge in [0, 0.05) is 28.5 Å². The fraction of sp³-hybridized carbons (Fsp3) is 0.300. The van der Waals surface area contributed by atoms with Gasteiger partial charge in [-0.1, -0.05) is 6.07 Å². The van der Waals surface area contributed by atoms with Crippen molar-refractivity contribution in [2.75, 3.05) is 22.7 Å². The van der Waals surface area contributed by atoms with Crippen LogP contribution in [0.3, 0.4) is 0 Å². The third-order valence-corrected chi connectivity index (χ3v) is 6.70. The van der Waals surface area contributed by atoms with Crippen molar-refractivity contribution in [2.45, 2.75) is 24.8 Å². The van der Waals surface area contributed by atoms with Crippen LogP contribution in [-0.2, 0) is 9.59 Å². The molecule has 2 aromatic carbocycles. The Kier molecular flexibility index (Phi) is 6.81. The molecule has 9 heteroatoms. The number of rotatable bonds is 6. The first kappa shape index (κ1) is 21.2. The molecule has 1 aliphatic rings. The van der Waals surface area contributed by atoms with Gasteiger partial charge in [0.1, 0.15) is 6.04 Å². The van der Waals surface area contributed by atoms with Gasteiger partial charge in [0.25, 0.3) is 5.69 Å². The van der Waals surface area contributed by atoms with Gasteiger partial charge in [-0.25, -0.2) is 0 Å². The number of carbonyl (C=O) groups excluding carboxylic acids is 2. The third-order valence-electron chi connectivity index (χ3n) is 4.69. The van der Waals surface area contributed by atoms with Crippen molar-refractivity contribution in [3.8, 4) is 0 Å². The Labute approximate surface area is 177 Å². The summed E-state index contributed by atoms with van der Waals surface area (Å²) in [5.74, 6) is 0.895. The SMILES string of the molecule is Cc1ccc(NC(=O)C2CSCN2C(=O)CSc2ccc([N+](=O)[O-])cc2)cc1C. The Hall–Kier alpha value is -2.52. The molecule has 0 aromatic heterocycles. The fourth-order valence-corrected chi connectivity index (χ4v) is 4.81. The van der Waals surface area contributed by atoms with Gasteiger partial charge < -0.3 is 10.2 Å². The lowest BCUT2D eigenvalue weighted by Gasteiger charge is -2.23. The Morgan fingerprint density at radius 3 is 2.59 bits per heavy atom. The molecule has 2 aromatic rings. The predicted molar refractivity (Wildman–Crippen MR) is 116 cm³/mol. The predicted octanol–water partition coefficient (Wildman–Crippen LogP) is 3.84. The van der Waals surface area contributed by atoms with Gasteiger partial charge in [-0.05, 0) is 49.2 Å². The second-order valence-corrected chi connectivity index (χ2v) is 8.76. The number of nitro benzene ring substituents is 1. The molecule has 0 aliphatic carbocycles. The van der Waals surface area contributed by atoms with E-state index in [1.807, 2.05) is 32.0 Å². The van der Waals surface area contributed by atoms with Crippen LogP contribution in [0.1, 0.15) is 11.1 Å². The lowest BCUT2D eigenvalue weighted by atomic mass is 10.1. The molecule has 152 valence electrons. The van der Waals surface area contributed by atoms with Crippen LogP contribution in [0, 0.1) is 24.0 Å². The van der Waals surface area contributed by atoms with E-state index in [1.54, 1.807) is 28.8 Å². The summed E-state index contributed by atoms with van der Waals surface area (Å²) in [5, 5.41) is 13.6. The van der Waals surface area contributed by atoms with Crippen LogP contribution in [0.2, 0.25) is 0 Å². The highest BCUT2D eigenvalue weighted by Crippen LogP contribution is 2.26. The summed E-state index contributed by atoms with van der Waals surface area (Å²) in [7, 11) is 0. The van der Waals surface area contributed by atoms with Crippen molar-refractivity contribution in [1.82, 2.24) is 4.90 Å². The summed E-state index contributed by atoms with van der Waals surface area (Å²) < 4.78 is 0. The largest absolute Gasteiger partial charge is 0.324 e. The third kappa shape index (κ3) is 5.30. The first-order valence-corrected chi connectivity index (χ1v) is 11.1. The van der Waals surface area contributed by atoms with Crippen LogP contribution >= 0.6 is 23.5 Å². The van der Waals surface area contributed by atoms with E-state index >= 15 is 0 Å². The highest BCUT2D eigenvalue weighted by atomic mass is 32.2. The number of nitro groups is 1. The summed E-state index contributed by atoms with van der Waals surface area (Å²) in [4.78, 5) is 38.0. The quantitative estimate of drug-likeness (QED) is 0.424. The number of anilines is 1. The average Bonchev–Trinajstić information content (AvgIpc) is 3.19. The van der Waals surface area contributed by atoms with E-state index < -0.39 is 11.0 Å². The number of hydrogen-bond acceptors (Lipinski definition) is 6. The zero-order valence-electron chi connectivity index (χ0n) is 16.1. The van der Waals surface area contributed by atoms with E-state index in [0.717, 1.165) is 21.7 Å². The zero-order valence-corrected chi connectivity index (χ0v) is 17.7. The van der Waals surface area contributed by atoms with Crippen molar-refractivity contribution in [3.63, 3.8) is 0 Å². The molecule has 29 heavy (non-hydrogen) atoms. The summed E-state index contributed by atoms with van der Waals surface area (Å²) >= 11 is 2.85. The second kappa shape index (κ2) is 9.32. The lowest BCUT2D eigenvalue weighted by molar-refractivity contribution is -0.384. The molecule has 0 bridgehead atoms. The van der Waals surface area contributed by atoms with Crippen LogP contribution in [0.4, 0.5) is 11.4 Å². The van der Waals surface area contributed by atoms with Crippen molar-refractivity contribution >= 4 is 46.7 Å². The van der Waals surface area contributed by atoms with Crippen LogP contribution in [0.5, 0.6) is 0 Å². The van der Waals surface area contributed by atoms with Crippen LogP contribution in [0.25, 0.3) is 0 Å². The molecule has 0 spiro atoms. The molecule has 1 aliphatic heterocycles. The number of amides is 2. The minimum Gasteiger partial charge on any atom is -0.324 e. The molecule has 1 N–H and O–H groups in total. The summed E-state index contributed by atoms with van der Waals surface area (Å²) in [6, 6.07) is 11.3. The standard InChI is InChI=1S/C20H21N3O4S2/c1-13-3-4-15(9-14(13)2)21-20(25)18-10-28-12-22(18)19(24)11-29-17-7-5-16(6-8-17)23(26)27/h3-9,18H,10-12H2,1-2H3,(H,21,25). The first-order valence-electron chi connectivity index (χ1n) is 8.98. The number of non-ortho nitro benzene ring substituents is 1. The average molecular weight is 432 g/mol. The highest BCUT2D eigenvalue weighted by molar-refractivity contribution is 8.00. The van der Waals surface area contributed by atoms with E-state index in [1.165, 1.54) is 23.9 Å². The maximum atomic E-state index is 12.7. The summed E-state index contributed by atoms with van der Waals surface area (Å²) in [5.41, 5.74) is 2.98. The Bertz CT molecular complexity index is 934. The topological polar surface area (TPSA) is 92.6 Å². The summed E-state index contributed by atoms with van der Waals surface area (Å²) in [6.07, 6.45) is 0. The van der Waals surface area contributed by atoms with Gasteiger partial charge in [0.05, 0.1) is 16.6 Å². The Morgan fingerprint density at radius 1 is 1.21 bits per heavy atom. The Balaban J connectivity index is 1.58. The molecule has 0 radical (unpaired) electrons. The number of carbonyl (C=O) groups is 2. The molecule has 1 heterocycles. The van der Waals surface area contributed by atoms with Gasteiger partial charge in [0.15, 0.2) is 0 Å². The molecule has 1 saturated heterocycles. The zero-order chi connectivity index (χ0) is 21.0. The van der Waals surface area contributed by atoms with E-state index in [-0.39, 0.29) is 23.3 Å². The second-order valence-electron chi connectivity index (χ2n) is 6.71. The lowest BCUT2D eigenvalue weighted by Crippen LogP contribution is -2.45. The van der Waals surface area contributed by atoms with Crippen LogP contribution in [0.15, 0.2) is 47.4 Å². The summed E-state index contributed by atoms with van der Waals surface area (Å²) in [6.45, 7) is 4.00. The number of nitrogens with zero attached hydrogens (tertiary/aromatic N) is 2. The van der Waals surface area contributed by atoms with Gasteiger partial charge in [0.2, 0.25) is 11.8 Å². The van der Waals surface area contributed by atoms with Crippen molar-refractivity contribution in [3.05, 3.63) is 63.7 Å².